The van der Waals surface area contributed by atoms with Gasteiger partial charge in [-0.25, -0.2) is 0 Å². The lowest BCUT2D eigenvalue weighted by Gasteiger charge is -2.14. The zero-order valence-electron chi connectivity index (χ0n) is 13.5. The van der Waals surface area contributed by atoms with Gasteiger partial charge in [0.2, 0.25) is 0 Å². The molecule has 0 aliphatic carbocycles. The van der Waals surface area contributed by atoms with Crippen LogP contribution in [0, 0.1) is 6.92 Å². The van der Waals surface area contributed by atoms with Crippen molar-refractivity contribution in [2.75, 3.05) is 11.5 Å². The summed E-state index contributed by atoms with van der Waals surface area (Å²) >= 11 is 6.72. The lowest BCUT2D eigenvalue weighted by molar-refractivity contribution is -0.113. The van der Waals surface area contributed by atoms with Gasteiger partial charge in [-0.2, -0.15) is 0 Å². The highest BCUT2D eigenvalue weighted by molar-refractivity contribution is 8.27. The molecule has 0 unspecified atom stereocenters. The Morgan fingerprint density at radius 2 is 1.96 bits per heavy atom. The highest BCUT2D eigenvalue weighted by Gasteiger charge is 2.33. The van der Waals surface area contributed by atoms with Crippen LogP contribution in [0.5, 0.6) is 5.75 Å². The third-order valence-electron chi connectivity index (χ3n) is 3.55. The Balaban J connectivity index is 1.88. The van der Waals surface area contributed by atoms with Gasteiger partial charge >= 0.3 is 0 Å². The fourth-order valence-electron chi connectivity index (χ4n) is 2.40. The average Bonchev–Trinajstić information content (AvgIpc) is 2.83. The first kappa shape index (κ1) is 16.7. The predicted molar refractivity (Wildman–Crippen MR) is 104 cm³/mol. The largest absolute Gasteiger partial charge is 0.494 e. The lowest BCUT2D eigenvalue weighted by atomic mass is 10.2. The molecule has 0 saturated carbocycles. The molecule has 2 aromatic carbocycles. The number of aryl methyl sites for hydroxylation is 1. The molecule has 0 aromatic heterocycles. The minimum Gasteiger partial charge on any atom is -0.494 e. The predicted octanol–water partition coefficient (Wildman–Crippen LogP) is 4.80. The third kappa shape index (κ3) is 3.52. The summed E-state index contributed by atoms with van der Waals surface area (Å²) in [6.07, 6.45) is 1.86. The Morgan fingerprint density at radius 3 is 2.67 bits per heavy atom. The highest BCUT2D eigenvalue weighted by Crippen LogP contribution is 2.36. The molecule has 1 aliphatic heterocycles. The summed E-state index contributed by atoms with van der Waals surface area (Å²) in [5.74, 6) is 0.705. The van der Waals surface area contributed by atoms with Crippen molar-refractivity contribution in [3.8, 4) is 5.75 Å². The Morgan fingerprint density at radius 1 is 1.21 bits per heavy atom. The molecule has 0 radical (unpaired) electrons. The van der Waals surface area contributed by atoms with E-state index in [-0.39, 0.29) is 5.91 Å². The molecule has 0 atom stereocenters. The number of amides is 1. The molecule has 1 amide bonds. The number of nitrogens with zero attached hydrogens (tertiary/aromatic N) is 1. The van der Waals surface area contributed by atoms with Gasteiger partial charge in [0.25, 0.3) is 5.91 Å². The third-order valence-corrected chi connectivity index (χ3v) is 4.85. The molecule has 1 heterocycles. The van der Waals surface area contributed by atoms with Crippen molar-refractivity contribution < 1.29 is 9.53 Å². The van der Waals surface area contributed by atoms with Gasteiger partial charge in [0.1, 0.15) is 5.75 Å². The maximum Gasteiger partial charge on any atom is 0.270 e. The molecule has 2 aromatic rings. The van der Waals surface area contributed by atoms with Gasteiger partial charge in [-0.15, -0.1) is 0 Å². The molecule has 1 saturated heterocycles. The minimum absolute atomic E-state index is 0.0873. The molecular weight excluding hydrogens is 338 g/mol. The van der Waals surface area contributed by atoms with Crippen LogP contribution >= 0.6 is 24.0 Å². The maximum atomic E-state index is 12.7. The second kappa shape index (κ2) is 7.20. The summed E-state index contributed by atoms with van der Waals surface area (Å²) in [5.41, 5.74) is 2.87. The van der Waals surface area contributed by atoms with Crippen LogP contribution in [0.4, 0.5) is 5.69 Å². The summed E-state index contributed by atoms with van der Waals surface area (Å²) in [7, 11) is 0. The molecule has 0 spiro atoms. The molecular formula is C19H17NO2S2. The first-order valence-electron chi connectivity index (χ1n) is 7.66. The molecule has 0 bridgehead atoms. The van der Waals surface area contributed by atoms with Gasteiger partial charge < -0.3 is 4.74 Å². The number of carbonyl (C=O) groups excluding carboxylic acids is 1. The van der Waals surface area contributed by atoms with E-state index in [0.717, 1.165) is 22.6 Å². The standard InChI is InChI=1S/C19H17NO2S2/c1-3-22-16-6-4-5-14(11-16)12-17-18(21)20(19(23)24-17)15-9-7-13(2)8-10-15/h4-12H,3H2,1-2H3/b17-12+. The quantitative estimate of drug-likeness (QED) is 0.582. The van der Waals surface area contributed by atoms with Crippen LogP contribution < -0.4 is 9.64 Å². The smallest absolute Gasteiger partial charge is 0.270 e. The molecule has 5 heteroatoms. The van der Waals surface area contributed by atoms with Crippen molar-refractivity contribution in [1.29, 1.82) is 0 Å². The molecule has 1 fully saturated rings. The van der Waals surface area contributed by atoms with E-state index in [9.17, 15) is 4.79 Å². The fraction of sp³-hybridized carbons (Fsp3) is 0.158. The van der Waals surface area contributed by atoms with E-state index in [0.29, 0.717) is 15.8 Å². The van der Waals surface area contributed by atoms with E-state index in [1.807, 2.05) is 68.5 Å². The molecule has 3 nitrogen and oxygen atoms in total. The van der Waals surface area contributed by atoms with Crippen LogP contribution in [-0.4, -0.2) is 16.8 Å². The SMILES string of the molecule is CCOc1cccc(/C=C2/SC(=S)N(c3ccc(C)cc3)C2=O)c1. The number of carbonyl (C=O) groups is 1. The monoisotopic (exact) mass is 355 g/mol. The molecule has 122 valence electrons. The number of anilines is 1. The fourth-order valence-corrected chi connectivity index (χ4v) is 3.70. The Bertz CT molecular complexity index is 812. The van der Waals surface area contributed by atoms with Crippen LogP contribution in [0.1, 0.15) is 18.1 Å². The Hall–Kier alpha value is -2.11. The Labute approximate surface area is 151 Å². The van der Waals surface area contributed by atoms with Crippen LogP contribution in [0.3, 0.4) is 0 Å². The van der Waals surface area contributed by atoms with E-state index in [2.05, 4.69) is 0 Å². The van der Waals surface area contributed by atoms with Crippen molar-refractivity contribution in [1.82, 2.24) is 0 Å². The first-order valence-corrected chi connectivity index (χ1v) is 8.88. The highest BCUT2D eigenvalue weighted by atomic mass is 32.2. The van der Waals surface area contributed by atoms with E-state index in [1.165, 1.54) is 11.8 Å². The van der Waals surface area contributed by atoms with Crippen molar-refractivity contribution in [2.45, 2.75) is 13.8 Å². The summed E-state index contributed by atoms with van der Waals surface area (Å²) in [6, 6.07) is 15.5. The molecule has 3 rings (SSSR count). The zero-order valence-corrected chi connectivity index (χ0v) is 15.1. The topological polar surface area (TPSA) is 29.5 Å². The van der Waals surface area contributed by atoms with Gasteiger partial charge in [-0.3, -0.25) is 9.69 Å². The van der Waals surface area contributed by atoms with Gasteiger partial charge in [-0.1, -0.05) is 53.8 Å². The minimum atomic E-state index is -0.0873. The van der Waals surface area contributed by atoms with Crippen molar-refractivity contribution in [2.24, 2.45) is 0 Å². The van der Waals surface area contributed by atoms with E-state index >= 15 is 0 Å². The van der Waals surface area contributed by atoms with Crippen molar-refractivity contribution in [3.05, 3.63) is 64.6 Å². The number of thiocarbonyl (C=S) groups is 1. The first-order chi connectivity index (χ1) is 11.6. The second-order valence-corrected chi connectivity index (χ2v) is 7.03. The number of ether oxygens (including phenoxy) is 1. The molecule has 0 N–H and O–H groups in total. The van der Waals surface area contributed by atoms with E-state index < -0.39 is 0 Å². The van der Waals surface area contributed by atoms with E-state index in [1.54, 1.807) is 4.90 Å². The van der Waals surface area contributed by atoms with Crippen LogP contribution in [0.25, 0.3) is 6.08 Å². The average molecular weight is 355 g/mol. The summed E-state index contributed by atoms with van der Waals surface area (Å²) in [5, 5.41) is 0. The number of benzene rings is 2. The number of thioether (sulfide) groups is 1. The lowest BCUT2D eigenvalue weighted by Crippen LogP contribution is -2.27. The van der Waals surface area contributed by atoms with Crippen LogP contribution in [-0.2, 0) is 4.79 Å². The van der Waals surface area contributed by atoms with Crippen LogP contribution in [0.2, 0.25) is 0 Å². The zero-order chi connectivity index (χ0) is 17.1. The van der Waals surface area contributed by atoms with Crippen LogP contribution in [0.15, 0.2) is 53.4 Å². The number of hydrogen-bond acceptors (Lipinski definition) is 4. The van der Waals surface area contributed by atoms with Gasteiger partial charge in [0.15, 0.2) is 4.32 Å². The summed E-state index contributed by atoms with van der Waals surface area (Å²) in [6.45, 7) is 4.57. The second-order valence-electron chi connectivity index (χ2n) is 5.36. The number of rotatable bonds is 4. The summed E-state index contributed by atoms with van der Waals surface area (Å²) in [4.78, 5) is 14.9. The number of hydrogen-bond donors (Lipinski definition) is 0. The Kier molecular flexibility index (Phi) is 5.02. The van der Waals surface area contributed by atoms with Gasteiger partial charge in [0, 0.05) is 0 Å². The van der Waals surface area contributed by atoms with E-state index in [4.69, 9.17) is 17.0 Å². The van der Waals surface area contributed by atoms with Gasteiger partial charge in [-0.05, 0) is 49.8 Å². The molecule has 1 aliphatic rings. The maximum absolute atomic E-state index is 12.7. The summed E-state index contributed by atoms with van der Waals surface area (Å²) < 4.78 is 6.06. The normalized spacial score (nSPS) is 16.1. The molecule has 24 heavy (non-hydrogen) atoms. The van der Waals surface area contributed by atoms with Crippen molar-refractivity contribution in [3.63, 3.8) is 0 Å². The van der Waals surface area contributed by atoms with Crippen molar-refractivity contribution >= 4 is 46.0 Å². The van der Waals surface area contributed by atoms with Gasteiger partial charge in [0.05, 0.1) is 17.2 Å².